The van der Waals surface area contributed by atoms with E-state index in [0.717, 1.165) is 43.5 Å². The summed E-state index contributed by atoms with van der Waals surface area (Å²) in [4.78, 5) is 18.0. The van der Waals surface area contributed by atoms with Gasteiger partial charge in [-0.1, -0.05) is 55.3 Å². The van der Waals surface area contributed by atoms with Crippen molar-refractivity contribution in [3.8, 4) is 5.75 Å². The molecule has 5 nitrogen and oxygen atoms in total. The van der Waals surface area contributed by atoms with Crippen molar-refractivity contribution in [2.24, 2.45) is 11.8 Å². The zero-order valence-corrected chi connectivity index (χ0v) is 26.8. The van der Waals surface area contributed by atoms with Gasteiger partial charge >= 0.3 is 5.97 Å². The standard InChI is InChI=1S/C37H45ClN2O3/c1-24-11-12-31-27(19-24)21-28(20-25(2)23-43-33-13-18-39-32-10-5-7-26(3)34(32)33)36(31)14-16-37(17-15-36,35(41)42-4)40-30-9-6-8-29(38)22-30/h6,8-9,11-13,18-19,22,25-26,28,40H,5,7,10,14-17,20-21,23H2,1-4H3/t25-,26-,28+,36?,37?/m1/s1. The fourth-order valence-corrected chi connectivity index (χ4v) is 8.63. The number of pyridine rings is 1. The van der Waals surface area contributed by atoms with E-state index in [9.17, 15) is 4.79 Å². The van der Waals surface area contributed by atoms with Gasteiger partial charge in [0.1, 0.15) is 11.3 Å². The molecule has 0 saturated heterocycles. The monoisotopic (exact) mass is 600 g/mol. The first kappa shape index (κ1) is 30.0. The minimum Gasteiger partial charge on any atom is -0.493 e. The lowest BCUT2D eigenvalue weighted by Gasteiger charge is -2.47. The van der Waals surface area contributed by atoms with E-state index in [1.165, 1.54) is 47.9 Å². The third-order valence-electron chi connectivity index (χ3n) is 10.6. The number of methoxy groups -OCH3 is 1. The summed E-state index contributed by atoms with van der Waals surface area (Å²) in [5, 5.41) is 4.21. The predicted octanol–water partition coefficient (Wildman–Crippen LogP) is 8.60. The van der Waals surface area contributed by atoms with Gasteiger partial charge in [-0.2, -0.15) is 0 Å². The second-order valence-electron chi connectivity index (χ2n) is 13.5. The first-order valence-electron chi connectivity index (χ1n) is 16.1. The zero-order valence-electron chi connectivity index (χ0n) is 26.0. The van der Waals surface area contributed by atoms with Gasteiger partial charge in [-0.3, -0.25) is 4.98 Å². The van der Waals surface area contributed by atoms with Gasteiger partial charge in [-0.05, 0) is 123 Å². The number of rotatable bonds is 8. The largest absolute Gasteiger partial charge is 0.493 e. The number of hydrogen-bond donors (Lipinski definition) is 1. The molecule has 0 amide bonds. The average Bonchev–Trinajstić information content (AvgIpc) is 3.28. The third-order valence-corrected chi connectivity index (χ3v) is 10.8. The SMILES string of the molecule is COC(=O)C1(Nc2cccc(Cl)c2)CCC2(CC1)c1ccc(C)cc1C[C@@H]2C[C@@H](C)COc1ccnc2c1[C@H](C)CCC2. The maximum atomic E-state index is 13.3. The first-order chi connectivity index (χ1) is 20.7. The molecule has 1 saturated carbocycles. The van der Waals surface area contributed by atoms with E-state index >= 15 is 0 Å². The Kier molecular flexibility index (Phi) is 8.48. The average molecular weight is 601 g/mol. The van der Waals surface area contributed by atoms with Gasteiger partial charge in [0, 0.05) is 28.2 Å². The molecule has 0 bridgehead atoms. The van der Waals surface area contributed by atoms with Crippen LogP contribution in [0.2, 0.25) is 5.02 Å². The maximum Gasteiger partial charge on any atom is 0.331 e. The zero-order chi connectivity index (χ0) is 30.2. The van der Waals surface area contributed by atoms with Crippen LogP contribution in [0.3, 0.4) is 0 Å². The first-order valence-corrected chi connectivity index (χ1v) is 16.4. The van der Waals surface area contributed by atoms with Gasteiger partial charge in [-0.15, -0.1) is 0 Å². The molecule has 3 aliphatic carbocycles. The Morgan fingerprint density at radius 2 is 1.95 bits per heavy atom. The lowest BCUT2D eigenvalue weighted by atomic mass is 9.59. The molecule has 1 aromatic heterocycles. The lowest BCUT2D eigenvalue weighted by Crippen LogP contribution is -2.53. The van der Waals surface area contributed by atoms with Crippen LogP contribution in [0.1, 0.15) is 92.7 Å². The molecule has 1 spiro atoms. The number of aryl methyl sites for hydroxylation is 2. The van der Waals surface area contributed by atoms with Crippen molar-refractivity contribution in [2.75, 3.05) is 19.0 Å². The molecule has 2 aromatic carbocycles. The van der Waals surface area contributed by atoms with Crippen molar-refractivity contribution < 1.29 is 14.3 Å². The highest BCUT2D eigenvalue weighted by molar-refractivity contribution is 6.30. The van der Waals surface area contributed by atoms with E-state index in [2.05, 4.69) is 55.3 Å². The molecule has 0 aliphatic heterocycles. The van der Waals surface area contributed by atoms with Crippen molar-refractivity contribution in [2.45, 2.75) is 95.4 Å². The number of carbonyl (C=O) groups is 1. The molecule has 43 heavy (non-hydrogen) atoms. The number of nitrogens with one attached hydrogen (secondary N) is 1. The smallest absolute Gasteiger partial charge is 0.331 e. The van der Waals surface area contributed by atoms with Crippen molar-refractivity contribution in [1.82, 2.24) is 4.98 Å². The van der Waals surface area contributed by atoms with Crippen LogP contribution < -0.4 is 10.1 Å². The minimum atomic E-state index is -0.769. The highest BCUT2D eigenvalue weighted by Crippen LogP contribution is 2.56. The number of benzene rings is 2. The molecule has 228 valence electrons. The second-order valence-corrected chi connectivity index (χ2v) is 14.0. The number of ether oxygens (including phenoxy) is 2. The van der Waals surface area contributed by atoms with Crippen molar-refractivity contribution >= 4 is 23.3 Å². The van der Waals surface area contributed by atoms with Crippen LogP contribution in [0.4, 0.5) is 5.69 Å². The third kappa shape index (κ3) is 5.78. The Morgan fingerprint density at radius 3 is 2.72 bits per heavy atom. The number of carbonyl (C=O) groups excluding carboxylic acids is 1. The van der Waals surface area contributed by atoms with Gasteiger partial charge in [0.05, 0.1) is 13.7 Å². The van der Waals surface area contributed by atoms with E-state index in [1.807, 2.05) is 30.5 Å². The Hall–Kier alpha value is -3.05. The number of aromatic nitrogens is 1. The quantitative estimate of drug-likeness (QED) is 0.262. The van der Waals surface area contributed by atoms with Crippen molar-refractivity contribution in [1.29, 1.82) is 0 Å². The summed E-state index contributed by atoms with van der Waals surface area (Å²) in [6.07, 6.45) is 10.8. The number of hydrogen-bond acceptors (Lipinski definition) is 5. The van der Waals surface area contributed by atoms with E-state index in [4.69, 9.17) is 21.1 Å². The van der Waals surface area contributed by atoms with E-state index in [0.29, 0.717) is 42.2 Å². The number of esters is 1. The summed E-state index contributed by atoms with van der Waals surface area (Å²) in [5.41, 5.74) is 6.92. The Balaban J connectivity index is 1.22. The van der Waals surface area contributed by atoms with E-state index < -0.39 is 5.54 Å². The fraction of sp³-hybridized carbons (Fsp3) is 0.514. The predicted molar refractivity (Wildman–Crippen MR) is 173 cm³/mol. The number of fused-ring (bicyclic) bond motifs is 3. The maximum absolute atomic E-state index is 13.3. The summed E-state index contributed by atoms with van der Waals surface area (Å²) < 4.78 is 11.9. The Labute approximate surface area is 261 Å². The molecule has 6 heteroatoms. The second kappa shape index (κ2) is 12.1. The summed E-state index contributed by atoms with van der Waals surface area (Å²) in [6.45, 7) is 7.52. The normalized spacial score (nSPS) is 26.8. The van der Waals surface area contributed by atoms with Crippen LogP contribution in [-0.4, -0.2) is 30.2 Å². The number of nitrogens with zero attached hydrogens (tertiary/aromatic N) is 1. The molecule has 6 rings (SSSR count). The Bertz CT molecular complexity index is 1480. The topological polar surface area (TPSA) is 60.5 Å². The highest BCUT2D eigenvalue weighted by atomic mass is 35.5. The summed E-state index contributed by atoms with van der Waals surface area (Å²) in [7, 11) is 1.49. The van der Waals surface area contributed by atoms with Crippen LogP contribution in [0.25, 0.3) is 0 Å². The van der Waals surface area contributed by atoms with Crippen LogP contribution >= 0.6 is 11.6 Å². The van der Waals surface area contributed by atoms with E-state index in [-0.39, 0.29) is 11.4 Å². The molecule has 3 aliphatic rings. The molecule has 3 atom stereocenters. The van der Waals surface area contributed by atoms with Gasteiger partial charge in [0.25, 0.3) is 0 Å². The van der Waals surface area contributed by atoms with Gasteiger partial charge in [0.15, 0.2) is 0 Å². The molecular formula is C37H45ClN2O3. The van der Waals surface area contributed by atoms with Crippen LogP contribution in [0, 0.1) is 18.8 Å². The van der Waals surface area contributed by atoms with Crippen molar-refractivity contribution in [3.05, 3.63) is 87.7 Å². The molecule has 1 N–H and O–H groups in total. The molecule has 1 heterocycles. The number of anilines is 1. The van der Waals surface area contributed by atoms with E-state index in [1.54, 1.807) is 0 Å². The summed E-state index contributed by atoms with van der Waals surface area (Å²) in [6, 6.07) is 16.7. The van der Waals surface area contributed by atoms with Gasteiger partial charge in [-0.25, -0.2) is 4.79 Å². The molecule has 0 radical (unpaired) electrons. The van der Waals surface area contributed by atoms with Crippen LogP contribution in [-0.2, 0) is 27.8 Å². The lowest BCUT2D eigenvalue weighted by molar-refractivity contribution is -0.148. The summed E-state index contributed by atoms with van der Waals surface area (Å²) in [5.74, 6) is 2.22. The van der Waals surface area contributed by atoms with Crippen LogP contribution in [0.15, 0.2) is 54.7 Å². The minimum absolute atomic E-state index is 0.0369. The molecule has 0 unspecified atom stereocenters. The molecule has 3 aromatic rings. The molecule has 1 fully saturated rings. The van der Waals surface area contributed by atoms with Gasteiger partial charge in [0.2, 0.25) is 0 Å². The van der Waals surface area contributed by atoms with Gasteiger partial charge < -0.3 is 14.8 Å². The fourth-order valence-electron chi connectivity index (χ4n) is 8.44. The summed E-state index contributed by atoms with van der Waals surface area (Å²) >= 11 is 6.29. The highest BCUT2D eigenvalue weighted by Gasteiger charge is 2.54. The molecular weight excluding hydrogens is 556 g/mol. The Morgan fingerprint density at radius 1 is 1.14 bits per heavy atom. The van der Waals surface area contributed by atoms with Crippen LogP contribution in [0.5, 0.6) is 5.75 Å². The van der Waals surface area contributed by atoms with Crippen molar-refractivity contribution in [3.63, 3.8) is 0 Å². The number of halogens is 1.